The minimum absolute atomic E-state index is 0.0681. The number of hydrogen-bond acceptors (Lipinski definition) is 3. The highest BCUT2D eigenvalue weighted by molar-refractivity contribution is 6.00. The lowest BCUT2D eigenvalue weighted by Gasteiger charge is -2.31. The molecular weight excluding hydrogens is 261 g/mol. The van der Waals surface area contributed by atoms with E-state index < -0.39 is 28.6 Å². The third kappa shape index (κ3) is 2.24. The number of nitrogens with zero attached hydrogens (tertiary/aromatic N) is 2. The summed E-state index contributed by atoms with van der Waals surface area (Å²) >= 11 is 0. The zero-order valence-electron chi connectivity index (χ0n) is 10.5. The third-order valence-electron chi connectivity index (χ3n) is 3.18. The maximum absolute atomic E-state index is 13.0. The summed E-state index contributed by atoms with van der Waals surface area (Å²) in [6.07, 6.45) is -4.06. The summed E-state index contributed by atoms with van der Waals surface area (Å²) in [5, 5.41) is 0. The molecule has 0 amide bonds. The monoisotopic (exact) mass is 274 g/mol. The smallest absolute Gasteiger partial charge is 0.360 e. The van der Waals surface area contributed by atoms with Crippen molar-refractivity contribution in [2.75, 3.05) is 18.5 Å². The van der Waals surface area contributed by atoms with Gasteiger partial charge in [-0.3, -0.25) is 14.2 Å². The van der Waals surface area contributed by atoms with Crippen molar-refractivity contribution in [3.05, 3.63) is 27.5 Å². The van der Waals surface area contributed by atoms with Gasteiger partial charge in [-0.05, 0) is 13.3 Å². The third-order valence-corrected chi connectivity index (χ3v) is 3.18. The van der Waals surface area contributed by atoms with E-state index in [1.165, 1.54) is 9.47 Å². The number of rotatable bonds is 1. The van der Waals surface area contributed by atoms with Gasteiger partial charge >= 0.3 is 6.18 Å². The van der Waals surface area contributed by atoms with E-state index in [1.807, 2.05) is 0 Å². The van der Waals surface area contributed by atoms with Crippen molar-refractivity contribution in [2.45, 2.75) is 26.1 Å². The maximum Gasteiger partial charge on any atom is 0.417 e. The molecule has 19 heavy (non-hydrogen) atoms. The number of fused-ring (bicyclic) bond motifs is 1. The van der Waals surface area contributed by atoms with Gasteiger partial charge in [0.1, 0.15) is 5.82 Å². The molecule has 104 valence electrons. The number of carbonyl (C=O) groups excluding carboxylic acids is 1. The van der Waals surface area contributed by atoms with E-state index in [2.05, 4.69) is 0 Å². The minimum atomic E-state index is -4.71. The second kappa shape index (κ2) is 4.40. The van der Waals surface area contributed by atoms with Crippen LogP contribution < -0.4 is 10.5 Å². The van der Waals surface area contributed by atoms with Gasteiger partial charge in [0, 0.05) is 26.2 Å². The molecule has 0 radical (unpaired) electrons. The van der Waals surface area contributed by atoms with Gasteiger partial charge in [-0.1, -0.05) is 0 Å². The van der Waals surface area contributed by atoms with E-state index in [0.717, 1.165) is 6.92 Å². The highest BCUT2D eigenvalue weighted by Crippen LogP contribution is 2.36. The fourth-order valence-corrected chi connectivity index (χ4v) is 2.39. The Morgan fingerprint density at radius 3 is 2.47 bits per heavy atom. The van der Waals surface area contributed by atoms with E-state index in [1.54, 1.807) is 7.05 Å². The fourth-order valence-electron chi connectivity index (χ4n) is 2.39. The summed E-state index contributed by atoms with van der Waals surface area (Å²) in [4.78, 5) is 24.9. The number of carbonyl (C=O) groups is 1. The highest BCUT2D eigenvalue weighted by atomic mass is 19.4. The van der Waals surface area contributed by atoms with Gasteiger partial charge in [0.05, 0.1) is 11.1 Å². The van der Waals surface area contributed by atoms with Gasteiger partial charge in [0.15, 0.2) is 5.78 Å². The van der Waals surface area contributed by atoms with Gasteiger partial charge in [0.25, 0.3) is 5.56 Å². The summed E-state index contributed by atoms with van der Waals surface area (Å²) in [5.41, 5.74) is -2.29. The van der Waals surface area contributed by atoms with E-state index in [4.69, 9.17) is 0 Å². The number of hydrogen-bond donors (Lipinski definition) is 0. The lowest BCUT2D eigenvalue weighted by molar-refractivity contribution is -0.138. The Balaban J connectivity index is 2.86. The summed E-state index contributed by atoms with van der Waals surface area (Å²) < 4.78 is 40.1. The summed E-state index contributed by atoms with van der Waals surface area (Å²) in [6, 6.07) is 0.513. The molecular formula is C12H13F3N2O2. The molecule has 1 aromatic heterocycles. The average Bonchev–Trinajstić information content (AvgIpc) is 2.28. The van der Waals surface area contributed by atoms with E-state index in [-0.39, 0.29) is 5.82 Å². The van der Waals surface area contributed by atoms with E-state index in [9.17, 15) is 22.8 Å². The van der Waals surface area contributed by atoms with Crippen molar-refractivity contribution in [3.8, 4) is 0 Å². The maximum atomic E-state index is 13.0. The molecule has 0 saturated carbocycles. The van der Waals surface area contributed by atoms with Crippen molar-refractivity contribution >= 4 is 11.6 Å². The number of alkyl halides is 3. The van der Waals surface area contributed by atoms with Crippen molar-refractivity contribution < 1.29 is 18.0 Å². The number of aromatic nitrogens is 1. The quantitative estimate of drug-likeness (QED) is 0.735. The molecule has 7 heteroatoms. The molecule has 0 atom stereocenters. The largest absolute Gasteiger partial charge is 0.417 e. The van der Waals surface area contributed by atoms with Crippen LogP contribution in [0.2, 0.25) is 0 Å². The second-order valence-electron chi connectivity index (χ2n) is 4.58. The van der Waals surface area contributed by atoms with Crippen LogP contribution in [0.1, 0.15) is 29.3 Å². The van der Waals surface area contributed by atoms with Crippen molar-refractivity contribution in [1.29, 1.82) is 0 Å². The molecule has 0 aromatic carbocycles. The Bertz CT molecular complexity index is 590. The van der Waals surface area contributed by atoms with Crippen LogP contribution in [0.15, 0.2) is 10.9 Å². The first-order chi connectivity index (χ1) is 8.73. The molecule has 2 rings (SSSR count). The molecule has 4 nitrogen and oxygen atoms in total. The lowest BCUT2D eigenvalue weighted by Crippen LogP contribution is -2.38. The summed E-state index contributed by atoms with van der Waals surface area (Å²) in [6.45, 7) is 1.93. The van der Waals surface area contributed by atoms with Gasteiger partial charge < -0.3 is 4.90 Å². The van der Waals surface area contributed by atoms with Gasteiger partial charge in [-0.2, -0.15) is 13.2 Å². The molecule has 0 N–H and O–H groups in total. The van der Waals surface area contributed by atoms with Crippen LogP contribution >= 0.6 is 0 Å². The van der Waals surface area contributed by atoms with Crippen molar-refractivity contribution in [3.63, 3.8) is 0 Å². The number of pyridine rings is 1. The molecule has 1 aliphatic heterocycles. The number of anilines is 1. The number of halogens is 3. The number of Topliss-reactive ketones (excluding diaryl/α,β-unsaturated/α-hetero) is 1. The van der Waals surface area contributed by atoms with Gasteiger partial charge in [-0.15, -0.1) is 0 Å². The lowest BCUT2D eigenvalue weighted by atomic mass is 10.0. The Morgan fingerprint density at radius 2 is 1.95 bits per heavy atom. The van der Waals surface area contributed by atoms with Crippen molar-refractivity contribution in [1.82, 2.24) is 4.57 Å². The zero-order valence-corrected chi connectivity index (χ0v) is 10.5. The predicted octanol–water partition coefficient (Wildman–Crippen LogP) is 1.91. The molecule has 0 saturated heterocycles. The molecule has 0 spiro atoms. The normalized spacial score (nSPS) is 15.3. The van der Waals surface area contributed by atoms with E-state index >= 15 is 0 Å². The van der Waals surface area contributed by atoms with Crippen LogP contribution in [-0.2, 0) is 12.7 Å². The standard InChI is InChI=1S/C12H13F3N2O2/c1-7(18)10-8(12(13,14)15)6-9(19)17-5-3-4-16(2)11(10)17/h6H,3-5H2,1-2H3. The van der Waals surface area contributed by atoms with Crippen LogP contribution in [-0.4, -0.2) is 23.9 Å². The van der Waals surface area contributed by atoms with Crippen LogP contribution in [0.25, 0.3) is 0 Å². The Hall–Kier alpha value is -1.79. The predicted molar refractivity (Wildman–Crippen MR) is 63.6 cm³/mol. The van der Waals surface area contributed by atoms with Crippen LogP contribution in [0, 0.1) is 0 Å². The molecule has 0 aliphatic carbocycles. The van der Waals surface area contributed by atoms with E-state index in [0.29, 0.717) is 25.6 Å². The second-order valence-corrected chi connectivity index (χ2v) is 4.58. The first-order valence-electron chi connectivity index (χ1n) is 5.80. The zero-order chi connectivity index (χ0) is 14.4. The SMILES string of the molecule is CC(=O)c1c(C(F)(F)F)cc(=O)n2c1N(C)CCC2. The molecule has 1 aromatic rings. The molecule has 0 unspecified atom stereocenters. The van der Waals surface area contributed by atoms with Gasteiger partial charge in [0.2, 0.25) is 0 Å². The first kappa shape index (κ1) is 13.6. The Morgan fingerprint density at radius 1 is 1.32 bits per heavy atom. The highest BCUT2D eigenvalue weighted by Gasteiger charge is 2.38. The molecule has 0 fully saturated rings. The van der Waals surface area contributed by atoms with Crippen LogP contribution in [0.5, 0.6) is 0 Å². The number of ketones is 1. The molecule has 1 aliphatic rings. The van der Waals surface area contributed by atoms with Crippen LogP contribution in [0.4, 0.5) is 19.0 Å². The topological polar surface area (TPSA) is 42.3 Å². The Labute approximate surface area is 107 Å². The fraction of sp³-hybridized carbons (Fsp3) is 0.500. The minimum Gasteiger partial charge on any atom is -0.360 e. The average molecular weight is 274 g/mol. The summed E-state index contributed by atoms with van der Waals surface area (Å²) in [5.74, 6) is -0.622. The van der Waals surface area contributed by atoms with Gasteiger partial charge in [-0.25, -0.2) is 0 Å². The molecule has 0 bridgehead atoms. The van der Waals surface area contributed by atoms with Crippen molar-refractivity contribution in [2.24, 2.45) is 0 Å². The molecule has 2 heterocycles. The van der Waals surface area contributed by atoms with Crippen LogP contribution in [0.3, 0.4) is 0 Å². The summed E-state index contributed by atoms with van der Waals surface area (Å²) in [7, 11) is 1.58. The first-order valence-corrected chi connectivity index (χ1v) is 5.80. The Kier molecular flexibility index (Phi) is 3.15.